The molecule has 0 saturated carbocycles. The van der Waals surface area contributed by atoms with E-state index in [1.54, 1.807) is 6.92 Å². The molecule has 0 fully saturated rings. The molecule has 3 N–H and O–H groups in total. The summed E-state index contributed by atoms with van der Waals surface area (Å²) in [6.45, 7) is 2.71. The number of carboxylic acids is 1. The van der Waals surface area contributed by atoms with Gasteiger partial charge in [0.05, 0.1) is 24.3 Å². The first-order chi connectivity index (χ1) is 16.8. The molecule has 9 nitrogen and oxygen atoms in total. The van der Waals surface area contributed by atoms with Crippen LogP contribution in [-0.2, 0) is 16.0 Å². The van der Waals surface area contributed by atoms with Gasteiger partial charge >= 0.3 is 18.1 Å². The van der Waals surface area contributed by atoms with Crippen LogP contribution in [0.2, 0.25) is 0 Å². The van der Waals surface area contributed by atoms with Crippen LogP contribution in [0.25, 0.3) is 0 Å². The Balaban J connectivity index is 2.07. The van der Waals surface area contributed by atoms with Crippen molar-refractivity contribution in [2.24, 2.45) is 0 Å². The van der Waals surface area contributed by atoms with Gasteiger partial charge in [-0.1, -0.05) is 0 Å². The lowest BCUT2D eigenvalue weighted by Crippen LogP contribution is -2.22. The maximum absolute atomic E-state index is 12.7. The molecule has 0 aromatic heterocycles. The molecule has 0 aliphatic heterocycles. The number of ketones is 1. The monoisotopic (exact) mass is 508 g/mol. The zero-order valence-electron chi connectivity index (χ0n) is 19.4. The van der Waals surface area contributed by atoms with E-state index >= 15 is 0 Å². The number of nitrogens with zero attached hydrogens (tertiary/aromatic N) is 1. The van der Waals surface area contributed by atoms with Gasteiger partial charge in [0.25, 0.3) is 0 Å². The third kappa shape index (κ3) is 7.63. The summed E-state index contributed by atoms with van der Waals surface area (Å²) in [6, 6.07) is 7.23. The van der Waals surface area contributed by atoms with E-state index in [1.807, 2.05) is 6.07 Å². The largest absolute Gasteiger partial charge is 0.507 e. The molecular weight excluding hydrogens is 485 g/mol. The van der Waals surface area contributed by atoms with E-state index in [1.165, 1.54) is 31.2 Å². The topological polar surface area (TPSA) is 146 Å². The zero-order chi connectivity index (χ0) is 27.0. The molecule has 1 amide bonds. The third-order valence-corrected chi connectivity index (χ3v) is 4.97. The number of nitriles is 1. The maximum atomic E-state index is 12.7. The number of phenolic OH excluding ortho intramolecular Hbond substituents is 1. The van der Waals surface area contributed by atoms with Crippen LogP contribution >= 0.6 is 0 Å². The van der Waals surface area contributed by atoms with Crippen molar-refractivity contribution in [1.29, 1.82) is 5.26 Å². The number of phenols is 1. The Kier molecular flexibility index (Phi) is 9.26. The summed E-state index contributed by atoms with van der Waals surface area (Å²) in [5.74, 6) is -3.94. The number of hydrogen-bond acceptors (Lipinski definition) is 7. The number of aromatic hydroxyl groups is 1. The molecule has 0 spiro atoms. The number of carboxylic acid groups (broad SMARTS) is 1. The van der Waals surface area contributed by atoms with Gasteiger partial charge in [-0.15, -0.1) is 0 Å². The van der Waals surface area contributed by atoms with Crippen molar-refractivity contribution in [3.63, 3.8) is 0 Å². The highest BCUT2D eigenvalue weighted by molar-refractivity contribution is 6.36. The fraction of sp³-hybridized carbons (Fsp3) is 0.333. The van der Waals surface area contributed by atoms with E-state index in [0.717, 1.165) is 0 Å². The molecule has 2 aromatic rings. The van der Waals surface area contributed by atoms with Crippen LogP contribution in [0.1, 0.15) is 46.8 Å². The van der Waals surface area contributed by atoms with Crippen molar-refractivity contribution in [3.8, 4) is 23.3 Å². The number of amides is 1. The minimum Gasteiger partial charge on any atom is -0.507 e. The van der Waals surface area contributed by atoms with Gasteiger partial charge in [-0.25, -0.2) is 4.79 Å². The number of anilines is 1. The van der Waals surface area contributed by atoms with E-state index < -0.39 is 42.4 Å². The van der Waals surface area contributed by atoms with Gasteiger partial charge < -0.3 is 25.0 Å². The summed E-state index contributed by atoms with van der Waals surface area (Å²) in [4.78, 5) is 33.9. The molecule has 2 rings (SSSR count). The summed E-state index contributed by atoms with van der Waals surface area (Å²) >= 11 is 0. The number of alkyl halides is 3. The standard InChI is InChI=1S/C24H23F3N2O7/c1-13-10-15(12-28)20(11-18(13)29-22(32)23(33)34)36-9-3-8-35-19-5-4-16(14(2)30)21(31)17(19)6-7-24(25,26)27/h4-5,10-11,31H,3,6-9H2,1-2H3,(H,29,32)(H,33,34). The number of carbonyl (C=O) groups excluding carboxylic acids is 2. The highest BCUT2D eigenvalue weighted by Gasteiger charge is 2.29. The van der Waals surface area contributed by atoms with E-state index in [0.29, 0.717) is 5.56 Å². The fourth-order valence-corrected chi connectivity index (χ4v) is 3.17. The number of rotatable bonds is 10. The summed E-state index contributed by atoms with van der Waals surface area (Å²) in [5.41, 5.74) is 0.475. The Morgan fingerprint density at radius 1 is 1.11 bits per heavy atom. The zero-order valence-corrected chi connectivity index (χ0v) is 19.4. The molecule has 0 aliphatic carbocycles. The first kappa shape index (κ1) is 28.0. The first-order valence-corrected chi connectivity index (χ1v) is 10.6. The van der Waals surface area contributed by atoms with E-state index in [2.05, 4.69) is 5.32 Å². The average Bonchev–Trinajstić information content (AvgIpc) is 2.78. The van der Waals surface area contributed by atoms with Crippen LogP contribution < -0.4 is 14.8 Å². The van der Waals surface area contributed by atoms with Crippen molar-refractivity contribution >= 4 is 23.3 Å². The van der Waals surface area contributed by atoms with E-state index in [4.69, 9.17) is 14.6 Å². The van der Waals surface area contributed by atoms with Crippen molar-refractivity contribution in [1.82, 2.24) is 0 Å². The number of benzene rings is 2. The van der Waals surface area contributed by atoms with Crippen LogP contribution in [0.4, 0.5) is 18.9 Å². The molecule has 0 radical (unpaired) electrons. The van der Waals surface area contributed by atoms with Crippen molar-refractivity contribution in [2.45, 2.75) is 39.3 Å². The Morgan fingerprint density at radius 3 is 2.31 bits per heavy atom. The Labute approximate surface area is 204 Å². The second kappa shape index (κ2) is 11.9. The molecule has 0 atom stereocenters. The molecule has 2 aromatic carbocycles. The van der Waals surface area contributed by atoms with Crippen LogP contribution in [0.3, 0.4) is 0 Å². The molecular formula is C24H23F3N2O7. The van der Waals surface area contributed by atoms with Crippen molar-refractivity contribution in [3.05, 3.63) is 46.5 Å². The normalized spacial score (nSPS) is 10.9. The lowest BCUT2D eigenvalue weighted by Gasteiger charge is -2.16. The highest BCUT2D eigenvalue weighted by atomic mass is 19.4. The van der Waals surface area contributed by atoms with Gasteiger partial charge in [-0.2, -0.15) is 18.4 Å². The second-order valence-corrected chi connectivity index (χ2v) is 7.69. The molecule has 0 unspecified atom stereocenters. The molecule has 0 bridgehead atoms. The number of ether oxygens (including phenoxy) is 2. The minimum atomic E-state index is -4.47. The number of nitrogens with one attached hydrogen (secondary N) is 1. The fourth-order valence-electron chi connectivity index (χ4n) is 3.17. The predicted octanol–water partition coefficient (Wildman–Crippen LogP) is 4.14. The predicted molar refractivity (Wildman–Crippen MR) is 120 cm³/mol. The smallest absolute Gasteiger partial charge is 0.394 e. The SMILES string of the molecule is CC(=O)c1ccc(OCCCOc2cc(NC(=O)C(=O)O)c(C)cc2C#N)c(CCC(F)(F)F)c1O. The molecule has 12 heteroatoms. The number of aryl methyl sites for hydroxylation is 1. The number of carbonyl (C=O) groups is 3. The number of hydrogen-bond donors (Lipinski definition) is 3. The van der Waals surface area contributed by atoms with Gasteiger partial charge in [-0.05, 0) is 44.0 Å². The summed E-state index contributed by atoms with van der Waals surface area (Å²) in [7, 11) is 0. The number of Topliss-reactive ketones (excluding diaryl/α,β-unsaturated/α-hetero) is 1. The average molecular weight is 508 g/mol. The lowest BCUT2D eigenvalue weighted by molar-refractivity contribution is -0.147. The Bertz CT molecular complexity index is 1200. The van der Waals surface area contributed by atoms with Crippen LogP contribution in [0, 0.1) is 18.3 Å². The minimum absolute atomic E-state index is 0.000542. The molecule has 192 valence electrons. The molecule has 0 heterocycles. The molecule has 36 heavy (non-hydrogen) atoms. The number of halogens is 3. The summed E-state index contributed by atoms with van der Waals surface area (Å²) < 4.78 is 49.2. The van der Waals surface area contributed by atoms with Crippen LogP contribution in [0.5, 0.6) is 17.2 Å². The maximum Gasteiger partial charge on any atom is 0.394 e. The summed E-state index contributed by atoms with van der Waals surface area (Å²) in [6.07, 6.45) is -6.06. The Hall–Kier alpha value is -4.27. The van der Waals surface area contributed by atoms with Gasteiger partial charge in [0.2, 0.25) is 0 Å². The second-order valence-electron chi connectivity index (χ2n) is 7.69. The lowest BCUT2D eigenvalue weighted by atomic mass is 10.0. The van der Waals surface area contributed by atoms with Crippen molar-refractivity contribution in [2.75, 3.05) is 18.5 Å². The molecule has 0 aliphatic rings. The van der Waals surface area contributed by atoms with Crippen LogP contribution in [-0.4, -0.2) is 47.3 Å². The van der Waals surface area contributed by atoms with Crippen LogP contribution in [0.15, 0.2) is 24.3 Å². The van der Waals surface area contributed by atoms with Gasteiger partial charge in [-0.3, -0.25) is 9.59 Å². The quantitative estimate of drug-likeness (QED) is 0.247. The Morgan fingerprint density at radius 2 is 1.75 bits per heavy atom. The first-order valence-electron chi connectivity index (χ1n) is 10.6. The van der Waals surface area contributed by atoms with Gasteiger partial charge in [0.1, 0.15) is 23.3 Å². The number of aliphatic carboxylic acids is 1. The molecule has 0 saturated heterocycles. The van der Waals surface area contributed by atoms with E-state index in [9.17, 15) is 37.9 Å². The van der Waals surface area contributed by atoms with E-state index in [-0.39, 0.29) is 53.5 Å². The van der Waals surface area contributed by atoms with Crippen molar-refractivity contribution < 1.29 is 47.2 Å². The summed E-state index contributed by atoms with van der Waals surface area (Å²) in [5, 5.41) is 30.6. The van der Waals surface area contributed by atoms with Gasteiger partial charge in [0.15, 0.2) is 5.78 Å². The van der Waals surface area contributed by atoms with Gasteiger partial charge in [0, 0.05) is 30.2 Å². The third-order valence-electron chi connectivity index (χ3n) is 4.97. The highest BCUT2D eigenvalue weighted by Crippen LogP contribution is 2.35.